The van der Waals surface area contributed by atoms with Crippen LogP contribution in [0.4, 0.5) is 0 Å². The van der Waals surface area contributed by atoms with Gasteiger partial charge in [0, 0.05) is 17.7 Å². The lowest BCUT2D eigenvalue weighted by Gasteiger charge is -2.26. The Labute approximate surface area is 142 Å². The van der Waals surface area contributed by atoms with Gasteiger partial charge in [-0.05, 0) is 24.6 Å². The van der Waals surface area contributed by atoms with Crippen molar-refractivity contribution in [3.8, 4) is 17.0 Å². The monoisotopic (exact) mass is 337 g/mol. The van der Waals surface area contributed by atoms with Crippen molar-refractivity contribution in [2.24, 2.45) is 0 Å². The molecule has 0 unspecified atom stereocenters. The van der Waals surface area contributed by atoms with Crippen LogP contribution in [0.1, 0.15) is 21.7 Å². The van der Waals surface area contributed by atoms with Crippen molar-refractivity contribution in [1.29, 1.82) is 0 Å². The van der Waals surface area contributed by atoms with Crippen molar-refractivity contribution in [3.63, 3.8) is 0 Å². The third kappa shape index (κ3) is 2.67. The number of hydrogen-bond acceptors (Lipinski definition) is 5. The van der Waals surface area contributed by atoms with Crippen molar-refractivity contribution in [2.45, 2.75) is 13.0 Å². The number of phenols is 1. The summed E-state index contributed by atoms with van der Waals surface area (Å²) in [5.74, 6) is -0.120. The molecule has 0 aliphatic carbocycles. The lowest BCUT2D eigenvalue weighted by Crippen LogP contribution is -2.39. The minimum Gasteiger partial charge on any atom is -0.507 e. The molecular weight excluding hydrogens is 322 g/mol. The van der Waals surface area contributed by atoms with Crippen molar-refractivity contribution >= 4 is 5.91 Å². The number of aromatic amines is 2. The van der Waals surface area contributed by atoms with E-state index in [0.29, 0.717) is 41.2 Å². The Hall–Kier alpha value is -3.42. The Balaban J connectivity index is 1.59. The van der Waals surface area contributed by atoms with Gasteiger partial charge in [-0.2, -0.15) is 5.10 Å². The van der Waals surface area contributed by atoms with Gasteiger partial charge >= 0.3 is 0 Å². The summed E-state index contributed by atoms with van der Waals surface area (Å²) in [6.07, 6.45) is 1.81. The number of aromatic nitrogens is 4. The zero-order valence-corrected chi connectivity index (χ0v) is 13.2. The number of carbonyl (C=O) groups excluding carboxylic acids is 1. The first-order chi connectivity index (χ1) is 12.1. The van der Waals surface area contributed by atoms with Crippen LogP contribution in [-0.4, -0.2) is 42.6 Å². The molecule has 3 aromatic rings. The highest BCUT2D eigenvalue weighted by Gasteiger charge is 2.25. The maximum Gasteiger partial charge on any atom is 0.272 e. The van der Waals surface area contributed by atoms with Crippen LogP contribution < -0.4 is 5.56 Å². The van der Waals surface area contributed by atoms with E-state index in [9.17, 15) is 14.7 Å². The van der Waals surface area contributed by atoms with E-state index in [4.69, 9.17) is 0 Å². The minimum atomic E-state index is -0.220. The molecule has 1 amide bonds. The number of para-hydroxylation sites is 1. The van der Waals surface area contributed by atoms with Gasteiger partial charge < -0.3 is 15.0 Å². The fourth-order valence-corrected chi connectivity index (χ4v) is 2.97. The van der Waals surface area contributed by atoms with Crippen LogP contribution >= 0.6 is 0 Å². The molecule has 2 aromatic heterocycles. The molecule has 8 heteroatoms. The van der Waals surface area contributed by atoms with Crippen LogP contribution in [0.3, 0.4) is 0 Å². The third-order valence-electron chi connectivity index (χ3n) is 4.29. The van der Waals surface area contributed by atoms with Crippen molar-refractivity contribution in [2.75, 3.05) is 6.54 Å². The van der Waals surface area contributed by atoms with Crippen molar-refractivity contribution < 1.29 is 9.90 Å². The quantitative estimate of drug-likeness (QED) is 0.647. The molecule has 1 aliphatic rings. The predicted molar refractivity (Wildman–Crippen MR) is 89.0 cm³/mol. The molecule has 0 saturated carbocycles. The standard InChI is InChI=1S/C17H15N5O3/c23-15-4-2-1-3-10(15)12-7-13(21-20-12)17(25)22-6-5-11-14(8-22)18-9-19-16(11)24/h1-4,7,9,23H,5-6,8H2,(H,20,21)(H,18,19,24). The summed E-state index contributed by atoms with van der Waals surface area (Å²) in [6.45, 7) is 0.717. The molecule has 0 saturated heterocycles. The van der Waals surface area contributed by atoms with Gasteiger partial charge in [-0.1, -0.05) is 12.1 Å². The first-order valence-corrected chi connectivity index (χ1v) is 7.82. The number of fused-ring (bicyclic) bond motifs is 1. The van der Waals surface area contributed by atoms with Gasteiger partial charge in [-0.15, -0.1) is 0 Å². The molecule has 1 aliphatic heterocycles. The van der Waals surface area contributed by atoms with E-state index >= 15 is 0 Å². The second-order valence-corrected chi connectivity index (χ2v) is 5.82. The third-order valence-corrected chi connectivity index (χ3v) is 4.29. The number of nitrogens with zero attached hydrogens (tertiary/aromatic N) is 3. The highest BCUT2D eigenvalue weighted by Crippen LogP contribution is 2.27. The van der Waals surface area contributed by atoms with E-state index in [0.717, 1.165) is 0 Å². The van der Waals surface area contributed by atoms with Gasteiger partial charge in [-0.25, -0.2) is 4.98 Å². The number of benzene rings is 1. The summed E-state index contributed by atoms with van der Waals surface area (Å²) in [5, 5.41) is 16.7. The number of amides is 1. The number of H-pyrrole nitrogens is 2. The Bertz CT molecular complexity index is 1010. The Kier molecular flexibility index (Phi) is 3.57. The van der Waals surface area contributed by atoms with Crippen LogP contribution in [-0.2, 0) is 13.0 Å². The summed E-state index contributed by atoms with van der Waals surface area (Å²) in [7, 11) is 0. The number of carbonyl (C=O) groups is 1. The van der Waals surface area contributed by atoms with Crippen LogP contribution in [0.5, 0.6) is 5.75 Å². The fourth-order valence-electron chi connectivity index (χ4n) is 2.97. The molecule has 25 heavy (non-hydrogen) atoms. The summed E-state index contributed by atoms with van der Waals surface area (Å²) >= 11 is 0. The Morgan fingerprint density at radius 1 is 1.28 bits per heavy atom. The number of hydrogen-bond donors (Lipinski definition) is 3. The minimum absolute atomic E-state index is 0.100. The molecule has 0 radical (unpaired) electrons. The SMILES string of the molecule is O=C(c1cc(-c2ccccc2O)n[nH]1)N1CCc2c(nc[nH]c2=O)C1. The zero-order valence-electron chi connectivity index (χ0n) is 13.2. The van der Waals surface area contributed by atoms with Crippen LogP contribution in [0.2, 0.25) is 0 Å². The summed E-state index contributed by atoms with van der Waals surface area (Å²) in [4.78, 5) is 32.8. The molecule has 4 rings (SSSR count). The molecule has 126 valence electrons. The van der Waals surface area contributed by atoms with Crippen LogP contribution in [0, 0.1) is 0 Å². The molecule has 0 spiro atoms. The van der Waals surface area contributed by atoms with E-state index < -0.39 is 0 Å². The van der Waals surface area contributed by atoms with E-state index in [1.807, 2.05) is 0 Å². The van der Waals surface area contributed by atoms with E-state index in [2.05, 4.69) is 20.2 Å². The maximum absolute atomic E-state index is 12.7. The number of aromatic hydroxyl groups is 1. The number of phenolic OH excluding ortho intramolecular Hbond substituents is 1. The van der Waals surface area contributed by atoms with Gasteiger partial charge in [0.2, 0.25) is 0 Å². The first kappa shape index (κ1) is 15.1. The van der Waals surface area contributed by atoms with Crippen LogP contribution in [0.25, 0.3) is 11.3 Å². The molecule has 1 aromatic carbocycles. The van der Waals surface area contributed by atoms with Crippen molar-refractivity contribution in [1.82, 2.24) is 25.1 Å². The first-order valence-electron chi connectivity index (χ1n) is 7.82. The van der Waals surface area contributed by atoms with Crippen molar-refractivity contribution in [3.05, 3.63) is 64.0 Å². The van der Waals surface area contributed by atoms with E-state index in [-0.39, 0.29) is 23.8 Å². The second-order valence-electron chi connectivity index (χ2n) is 5.82. The maximum atomic E-state index is 12.7. The molecule has 0 fully saturated rings. The molecular formula is C17H15N5O3. The summed E-state index contributed by atoms with van der Waals surface area (Å²) < 4.78 is 0. The lowest BCUT2D eigenvalue weighted by atomic mass is 10.1. The zero-order chi connectivity index (χ0) is 17.4. The summed E-state index contributed by atoms with van der Waals surface area (Å²) in [6, 6.07) is 8.41. The Morgan fingerprint density at radius 3 is 2.96 bits per heavy atom. The molecule has 0 bridgehead atoms. The average molecular weight is 337 g/mol. The summed E-state index contributed by atoms with van der Waals surface area (Å²) in [5.41, 5.74) is 2.46. The topological polar surface area (TPSA) is 115 Å². The molecule has 0 atom stereocenters. The highest BCUT2D eigenvalue weighted by atomic mass is 16.3. The van der Waals surface area contributed by atoms with Crippen LogP contribution in [0.15, 0.2) is 41.5 Å². The van der Waals surface area contributed by atoms with Gasteiger partial charge in [0.1, 0.15) is 11.4 Å². The number of nitrogens with one attached hydrogen (secondary N) is 2. The largest absolute Gasteiger partial charge is 0.507 e. The fraction of sp³-hybridized carbons (Fsp3) is 0.176. The highest BCUT2D eigenvalue weighted by molar-refractivity contribution is 5.93. The lowest BCUT2D eigenvalue weighted by molar-refractivity contribution is 0.0725. The van der Waals surface area contributed by atoms with E-state index in [1.165, 1.54) is 6.33 Å². The van der Waals surface area contributed by atoms with Gasteiger partial charge in [0.15, 0.2) is 0 Å². The van der Waals surface area contributed by atoms with E-state index in [1.54, 1.807) is 35.2 Å². The normalized spacial score (nSPS) is 13.5. The van der Waals surface area contributed by atoms with Gasteiger partial charge in [0.05, 0.1) is 24.3 Å². The number of rotatable bonds is 2. The predicted octanol–water partition coefficient (Wildman–Crippen LogP) is 1.06. The Morgan fingerprint density at radius 2 is 2.12 bits per heavy atom. The average Bonchev–Trinajstić information content (AvgIpc) is 3.11. The second kappa shape index (κ2) is 5.90. The van der Waals surface area contributed by atoms with Gasteiger partial charge in [0.25, 0.3) is 11.5 Å². The molecule has 8 nitrogen and oxygen atoms in total. The molecule has 3 N–H and O–H groups in total. The smallest absolute Gasteiger partial charge is 0.272 e. The van der Waals surface area contributed by atoms with Gasteiger partial charge in [-0.3, -0.25) is 14.7 Å². The molecule has 3 heterocycles.